The summed E-state index contributed by atoms with van der Waals surface area (Å²) in [6.45, 7) is 10.2. The fourth-order valence-corrected chi connectivity index (χ4v) is 8.39. The van der Waals surface area contributed by atoms with Gasteiger partial charge in [0, 0.05) is 55.5 Å². The van der Waals surface area contributed by atoms with Crippen LogP contribution in [0.3, 0.4) is 0 Å². The molecule has 0 spiro atoms. The summed E-state index contributed by atoms with van der Waals surface area (Å²) in [6, 6.07) is -8.45. The smallest absolute Gasteiger partial charge is 0.245 e. The van der Waals surface area contributed by atoms with Gasteiger partial charge in [-0.2, -0.15) is 0 Å². The molecule has 0 saturated carbocycles. The highest BCUT2D eigenvalue weighted by molar-refractivity contribution is 5.99. The van der Waals surface area contributed by atoms with Crippen LogP contribution in [0, 0.1) is 17.8 Å². The number of hydrogen-bond donors (Lipinski definition) is 18. The van der Waals surface area contributed by atoms with Crippen LogP contribution in [0.5, 0.6) is 5.75 Å². The Kier molecular flexibility index (Phi) is 29.1. The zero-order valence-electron chi connectivity index (χ0n) is 49.2. The topological polar surface area (TPSA) is 531 Å². The monoisotopic (exact) mass is 1210 g/mol. The van der Waals surface area contributed by atoms with Gasteiger partial charge in [-0.3, -0.25) is 57.7 Å². The highest BCUT2D eigenvalue weighted by atomic mass is 16.3. The lowest BCUT2D eigenvalue weighted by atomic mass is 9.96. The number of guanidine groups is 1. The van der Waals surface area contributed by atoms with E-state index in [1.165, 1.54) is 49.3 Å². The van der Waals surface area contributed by atoms with E-state index < -0.39 is 150 Å². The first-order valence-electron chi connectivity index (χ1n) is 27.9. The second-order valence-electron chi connectivity index (χ2n) is 21.4. The van der Waals surface area contributed by atoms with E-state index in [4.69, 9.17) is 22.9 Å². The van der Waals surface area contributed by atoms with Crippen molar-refractivity contribution in [1.29, 1.82) is 0 Å². The summed E-state index contributed by atoms with van der Waals surface area (Å²) >= 11 is 0. The zero-order chi connectivity index (χ0) is 64.4. The number of aromatic hydroxyl groups is 1. The quantitative estimate of drug-likeness (QED) is 0.0146. The van der Waals surface area contributed by atoms with E-state index >= 15 is 0 Å². The molecule has 0 aliphatic carbocycles. The number of phenols is 1. The number of benzene rings is 1. The third-order valence-corrected chi connectivity index (χ3v) is 13.4. The number of nitrogens with one attached hydrogen (secondary N) is 11. The number of primary amides is 2. The number of rotatable bonds is 37. The van der Waals surface area contributed by atoms with Crippen molar-refractivity contribution in [2.75, 3.05) is 13.2 Å². The molecule has 32 nitrogen and oxygen atoms in total. The molecular formula is C54H84N18O14. The van der Waals surface area contributed by atoms with Crippen molar-refractivity contribution in [3.63, 3.8) is 0 Å². The van der Waals surface area contributed by atoms with Gasteiger partial charge in [0.15, 0.2) is 5.96 Å². The summed E-state index contributed by atoms with van der Waals surface area (Å²) in [4.78, 5) is 167. The molecule has 0 aliphatic rings. The van der Waals surface area contributed by atoms with Crippen LogP contribution in [0.4, 0.5) is 0 Å². The van der Waals surface area contributed by atoms with Crippen molar-refractivity contribution in [2.24, 2.45) is 45.7 Å². The summed E-state index contributed by atoms with van der Waals surface area (Å²) in [5, 5.41) is 53.6. The van der Waals surface area contributed by atoms with Crippen LogP contribution in [0.1, 0.15) is 97.5 Å². The molecule has 1 aromatic carbocycles. The minimum atomic E-state index is -1.92. The van der Waals surface area contributed by atoms with Crippen LogP contribution in [-0.2, 0) is 72.0 Å². The van der Waals surface area contributed by atoms with Gasteiger partial charge in [0.1, 0.15) is 60.1 Å². The number of phenolic OH excluding ortho intramolecular Hbond substituents is 1. The molecule has 86 heavy (non-hydrogen) atoms. The number of imidazole rings is 2. The number of amides is 11. The van der Waals surface area contributed by atoms with E-state index in [-0.39, 0.29) is 62.7 Å². The zero-order valence-corrected chi connectivity index (χ0v) is 49.2. The SMILES string of the molecule is CC[C@H](C)[C@H](NC(=O)[C@H](Cc1ccc(O)cc1)NC(=O)[C@H](CC(N)=O)NC(=O)[C@H](CCCN=C(N)N)NC(=O)[C@@H](NC(=O)[C@H](CO)NC(=O)[C@H](Cc1cnc[nH]1)NC(=O)[C@H](CC(C)C)NC(=O)C(C)C)[C@@H](C)O)C(=O)N[C@@H](Cc1cnc[nH]1)C(N)=O. The molecule has 11 amide bonds. The molecule has 0 fully saturated rings. The Labute approximate surface area is 496 Å². The Morgan fingerprint density at radius 2 is 1.01 bits per heavy atom. The van der Waals surface area contributed by atoms with E-state index in [1.54, 1.807) is 27.7 Å². The largest absolute Gasteiger partial charge is 0.508 e. The van der Waals surface area contributed by atoms with E-state index in [1.807, 2.05) is 13.8 Å². The molecule has 3 rings (SSSR count). The second-order valence-corrected chi connectivity index (χ2v) is 21.4. The maximum absolute atomic E-state index is 14.4. The van der Waals surface area contributed by atoms with Crippen molar-refractivity contribution in [2.45, 2.75) is 160 Å². The third-order valence-electron chi connectivity index (χ3n) is 13.4. The number of aliphatic hydroxyl groups excluding tert-OH is 2. The van der Waals surface area contributed by atoms with E-state index in [0.717, 1.165) is 6.92 Å². The van der Waals surface area contributed by atoms with Crippen LogP contribution in [0.15, 0.2) is 54.3 Å². The molecule has 2 heterocycles. The Morgan fingerprint density at radius 1 is 0.558 bits per heavy atom. The number of nitrogens with two attached hydrogens (primary N) is 4. The van der Waals surface area contributed by atoms with Gasteiger partial charge in [-0.15, -0.1) is 0 Å². The van der Waals surface area contributed by atoms with Gasteiger partial charge in [0.2, 0.25) is 65.0 Å². The average Bonchev–Trinajstić information content (AvgIpc) is 2.88. The summed E-state index contributed by atoms with van der Waals surface area (Å²) in [5.41, 5.74) is 23.4. The van der Waals surface area contributed by atoms with Crippen molar-refractivity contribution in [3.8, 4) is 5.75 Å². The van der Waals surface area contributed by atoms with Gasteiger partial charge in [-0.1, -0.05) is 60.1 Å². The van der Waals surface area contributed by atoms with Gasteiger partial charge >= 0.3 is 0 Å². The number of H-pyrrole nitrogens is 2. The minimum absolute atomic E-state index is 0.0327. The van der Waals surface area contributed by atoms with Gasteiger partial charge in [-0.25, -0.2) is 9.97 Å². The summed E-state index contributed by atoms with van der Waals surface area (Å²) < 4.78 is 0. The van der Waals surface area contributed by atoms with Gasteiger partial charge in [0.25, 0.3) is 0 Å². The van der Waals surface area contributed by atoms with E-state index in [0.29, 0.717) is 23.4 Å². The molecule has 3 aromatic rings. The molecule has 22 N–H and O–H groups in total. The predicted molar refractivity (Wildman–Crippen MR) is 309 cm³/mol. The van der Waals surface area contributed by atoms with Crippen LogP contribution in [-0.4, -0.2) is 180 Å². The molecule has 0 aliphatic heterocycles. The van der Waals surface area contributed by atoms with Crippen LogP contribution < -0.4 is 70.8 Å². The molecule has 32 heteroatoms. The number of aliphatic hydroxyl groups is 2. The van der Waals surface area contributed by atoms with Crippen LogP contribution in [0.25, 0.3) is 0 Å². The van der Waals surface area contributed by atoms with Crippen LogP contribution in [0.2, 0.25) is 0 Å². The molecular weight excluding hydrogens is 1120 g/mol. The number of aromatic nitrogens is 4. The van der Waals surface area contributed by atoms with E-state index in [2.05, 4.69) is 72.8 Å². The molecule has 0 bridgehead atoms. The standard InChI is InChI=1S/C54H84N18O14/c1-8-28(6)42(52(85)65-35(44(56)77)18-31-21-59-24-62-31)71-50(83)37(17-30-11-13-33(75)14-12-30)67-49(82)39(20-41(55)76)69-46(79)34(10-9-15-61-54(57)58)64-53(86)43(29(7)74)72-51(84)40(23-73)70-48(81)38(19-32-22-60-25-63-32)68-47(80)36(16-26(2)3)66-45(78)27(4)5/h11-14,21-22,24-29,34-40,42-43,73-75H,8-10,15-20,23H2,1-7H3,(H2,55,76)(H2,56,77)(H,59,62)(H,60,63)(H,64,86)(H,65,85)(H,66,78)(H,67,82)(H,68,80)(H,69,79)(H,70,81)(H,71,83)(H,72,84)(H4,57,58,61)/t28-,29+,34-,35-,36-,37-,38-,39-,40-,42-,43-/m0/s1. The lowest BCUT2D eigenvalue weighted by Crippen LogP contribution is -2.63. The first kappa shape index (κ1) is 71.1. The Balaban J connectivity index is 1.92. The van der Waals surface area contributed by atoms with Crippen LogP contribution >= 0.6 is 0 Å². The third kappa shape index (κ3) is 24.2. The van der Waals surface area contributed by atoms with E-state index in [9.17, 15) is 68.1 Å². The highest BCUT2D eigenvalue weighted by Gasteiger charge is 2.38. The van der Waals surface area contributed by atoms with Crippen molar-refractivity contribution in [1.82, 2.24) is 67.8 Å². The number of carbonyl (C=O) groups excluding carboxylic acids is 11. The Hall–Kier alpha value is -9.20. The van der Waals surface area contributed by atoms with Crippen molar-refractivity contribution in [3.05, 3.63) is 66.3 Å². The number of carbonyl (C=O) groups is 11. The van der Waals surface area contributed by atoms with Crippen molar-refractivity contribution < 1.29 is 68.1 Å². The molecule has 11 atom stereocenters. The lowest BCUT2D eigenvalue weighted by molar-refractivity contribution is -0.138. The molecule has 0 radical (unpaired) electrons. The first-order chi connectivity index (χ1) is 40.5. The highest BCUT2D eigenvalue weighted by Crippen LogP contribution is 2.15. The Morgan fingerprint density at radius 3 is 1.51 bits per heavy atom. The fraction of sp³-hybridized carbons (Fsp3) is 0.556. The molecule has 474 valence electrons. The molecule has 2 aromatic heterocycles. The maximum Gasteiger partial charge on any atom is 0.245 e. The number of aromatic amines is 2. The second kappa shape index (κ2) is 35.2. The molecule has 0 saturated heterocycles. The number of hydrogen-bond acceptors (Lipinski definition) is 17. The van der Waals surface area contributed by atoms with Gasteiger partial charge < -0.3 is 96.1 Å². The fourth-order valence-electron chi connectivity index (χ4n) is 8.39. The molecule has 0 unspecified atom stereocenters. The maximum atomic E-state index is 14.4. The number of aliphatic imine (C=N–C) groups is 1. The van der Waals surface area contributed by atoms with Gasteiger partial charge in [-0.05, 0) is 55.7 Å². The predicted octanol–water partition coefficient (Wildman–Crippen LogP) is -5.23. The summed E-state index contributed by atoms with van der Waals surface area (Å²) in [7, 11) is 0. The normalized spacial score (nSPS) is 15.0. The Bertz CT molecular complexity index is 2770. The van der Waals surface area contributed by atoms with Crippen molar-refractivity contribution >= 4 is 70.9 Å². The first-order valence-corrected chi connectivity index (χ1v) is 27.9. The summed E-state index contributed by atoms with van der Waals surface area (Å²) in [5.74, 6) is -12.2. The number of nitrogens with zero attached hydrogens (tertiary/aromatic N) is 3. The summed E-state index contributed by atoms with van der Waals surface area (Å²) in [6.07, 6.45) is 2.48. The lowest BCUT2D eigenvalue weighted by Gasteiger charge is -2.29. The average molecular weight is 1210 g/mol. The van der Waals surface area contributed by atoms with Gasteiger partial charge in [0.05, 0.1) is 31.8 Å². The minimum Gasteiger partial charge on any atom is -0.508 e.